The van der Waals surface area contributed by atoms with Crippen molar-refractivity contribution in [2.45, 2.75) is 44.1 Å². The van der Waals surface area contributed by atoms with E-state index in [0.29, 0.717) is 11.3 Å². The number of nitrogens with one attached hydrogen (secondary N) is 2. The summed E-state index contributed by atoms with van der Waals surface area (Å²) < 4.78 is 5.33. The van der Waals surface area contributed by atoms with Gasteiger partial charge in [-0.05, 0) is 80.5 Å². The number of hydrogen-bond acceptors (Lipinski definition) is 4. The zero-order chi connectivity index (χ0) is 22.1. The molecule has 0 unspecified atom stereocenters. The second kappa shape index (κ2) is 8.41. The zero-order valence-corrected chi connectivity index (χ0v) is 18.0. The summed E-state index contributed by atoms with van der Waals surface area (Å²) in [5, 5.41) is 5.97. The number of para-hydroxylation sites is 1. The first-order valence-corrected chi connectivity index (χ1v) is 11.4. The molecule has 32 heavy (non-hydrogen) atoms. The molecular weight excluding hydrogens is 404 g/mol. The van der Waals surface area contributed by atoms with Gasteiger partial charge in [-0.25, -0.2) is 4.79 Å². The van der Waals surface area contributed by atoms with E-state index in [1.165, 1.54) is 19.3 Å². The molecule has 4 aliphatic rings. The Bertz CT molecular complexity index is 998. The van der Waals surface area contributed by atoms with Gasteiger partial charge in [-0.3, -0.25) is 9.59 Å². The third-order valence-corrected chi connectivity index (χ3v) is 7.21. The Morgan fingerprint density at radius 2 is 1.44 bits per heavy atom. The smallest absolute Gasteiger partial charge is 0.340 e. The van der Waals surface area contributed by atoms with Gasteiger partial charge in [0.2, 0.25) is 0 Å². The second-order valence-electron chi connectivity index (χ2n) is 9.69. The molecule has 2 aromatic carbocycles. The predicted octanol–water partition coefficient (Wildman–Crippen LogP) is 4.18. The molecule has 6 heteroatoms. The van der Waals surface area contributed by atoms with Gasteiger partial charge >= 0.3 is 5.97 Å². The van der Waals surface area contributed by atoms with Gasteiger partial charge in [0.1, 0.15) is 0 Å². The number of hydrogen-bond donors (Lipinski definition) is 2. The standard InChI is InChI=1S/C26H28N2O4/c29-23(28-26-13-17-10-18(14-26)12-19(11-17)15-26)16-32-25(31)21-8-4-5-9-22(21)27-24(30)20-6-2-1-3-7-20/h1-9,17-19H,10-16H2,(H,27,30)(H,28,29). The summed E-state index contributed by atoms with van der Waals surface area (Å²) in [5.41, 5.74) is 0.956. The van der Waals surface area contributed by atoms with Crippen LogP contribution in [0.3, 0.4) is 0 Å². The first-order chi connectivity index (χ1) is 15.5. The SMILES string of the molecule is O=C(COC(=O)c1ccccc1NC(=O)c1ccccc1)NC12CC3CC(CC(C3)C1)C2. The highest BCUT2D eigenvalue weighted by molar-refractivity contribution is 6.08. The Balaban J connectivity index is 1.19. The van der Waals surface area contributed by atoms with E-state index in [4.69, 9.17) is 4.74 Å². The molecule has 2 N–H and O–H groups in total. The number of anilines is 1. The highest BCUT2D eigenvalue weighted by Crippen LogP contribution is 2.55. The van der Waals surface area contributed by atoms with Gasteiger partial charge in [0.05, 0.1) is 11.3 Å². The molecule has 4 saturated carbocycles. The van der Waals surface area contributed by atoms with Crippen molar-refractivity contribution >= 4 is 23.5 Å². The van der Waals surface area contributed by atoms with E-state index in [1.54, 1.807) is 48.5 Å². The van der Waals surface area contributed by atoms with E-state index >= 15 is 0 Å². The molecule has 0 aromatic heterocycles. The summed E-state index contributed by atoms with van der Waals surface area (Å²) in [5.74, 6) is 0.990. The molecule has 2 amide bonds. The van der Waals surface area contributed by atoms with Crippen LogP contribution >= 0.6 is 0 Å². The molecule has 166 valence electrons. The van der Waals surface area contributed by atoms with Crippen molar-refractivity contribution < 1.29 is 19.1 Å². The lowest BCUT2D eigenvalue weighted by Gasteiger charge is -2.56. The quantitative estimate of drug-likeness (QED) is 0.671. The first-order valence-electron chi connectivity index (χ1n) is 11.4. The van der Waals surface area contributed by atoms with E-state index in [9.17, 15) is 14.4 Å². The van der Waals surface area contributed by atoms with Crippen molar-refractivity contribution in [3.05, 3.63) is 65.7 Å². The molecule has 0 aliphatic heterocycles. The lowest BCUT2D eigenvalue weighted by Crippen LogP contribution is -2.60. The molecule has 2 aromatic rings. The summed E-state index contributed by atoms with van der Waals surface area (Å²) in [6.07, 6.45) is 7.05. The fraction of sp³-hybridized carbons (Fsp3) is 0.423. The molecule has 4 fully saturated rings. The van der Waals surface area contributed by atoms with Crippen LogP contribution in [0, 0.1) is 17.8 Å². The Morgan fingerprint density at radius 1 is 0.844 bits per heavy atom. The van der Waals surface area contributed by atoms with Gasteiger partial charge in [0.25, 0.3) is 11.8 Å². The molecule has 0 spiro atoms. The van der Waals surface area contributed by atoms with E-state index < -0.39 is 5.97 Å². The number of esters is 1. The summed E-state index contributed by atoms with van der Waals surface area (Å²) in [4.78, 5) is 37.8. The van der Waals surface area contributed by atoms with Crippen LogP contribution in [0.2, 0.25) is 0 Å². The lowest BCUT2D eigenvalue weighted by molar-refractivity contribution is -0.130. The van der Waals surface area contributed by atoms with Crippen molar-refractivity contribution in [3.8, 4) is 0 Å². The Labute approximate surface area is 187 Å². The highest BCUT2D eigenvalue weighted by atomic mass is 16.5. The maximum atomic E-state index is 12.7. The van der Waals surface area contributed by atoms with Crippen LogP contribution in [-0.4, -0.2) is 29.9 Å². The van der Waals surface area contributed by atoms with Gasteiger partial charge in [-0.2, -0.15) is 0 Å². The van der Waals surface area contributed by atoms with Crippen LogP contribution in [0.1, 0.15) is 59.2 Å². The van der Waals surface area contributed by atoms with Gasteiger partial charge in [-0.15, -0.1) is 0 Å². The third-order valence-electron chi connectivity index (χ3n) is 7.21. The molecule has 0 heterocycles. The number of rotatable bonds is 6. The van der Waals surface area contributed by atoms with E-state index in [0.717, 1.165) is 37.0 Å². The van der Waals surface area contributed by atoms with Crippen molar-refractivity contribution in [1.82, 2.24) is 5.32 Å². The molecule has 4 bridgehead atoms. The summed E-state index contributed by atoms with van der Waals surface area (Å²) in [6.45, 7) is -0.318. The third kappa shape index (κ3) is 4.27. The second-order valence-corrected chi connectivity index (χ2v) is 9.69. The summed E-state index contributed by atoms with van der Waals surface area (Å²) in [7, 11) is 0. The molecule has 0 saturated heterocycles. The Kier molecular flexibility index (Phi) is 5.45. The fourth-order valence-corrected chi connectivity index (χ4v) is 6.36. The van der Waals surface area contributed by atoms with Gasteiger partial charge in [0.15, 0.2) is 6.61 Å². The van der Waals surface area contributed by atoms with Crippen LogP contribution in [-0.2, 0) is 9.53 Å². The van der Waals surface area contributed by atoms with Crippen molar-refractivity contribution in [1.29, 1.82) is 0 Å². The van der Waals surface area contributed by atoms with E-state index in [1.807, 2.05) is 6.07 Å². The molecular formula is C26H28N2O4. The normalized spacial score (nSPS) is 27.6. The molecule has 6 nitrogen and oxygen atoms in total. The number of amides is 2. The minimum atomic E-state index is -0.630. The fourth-order valence-electron chi connectivity index (χ4n) is 6.36. The van der Waals surface area contributed by atoms with Crippen LogP contribution in [0.4, 0.5) is 5.69 Å². The zero-order valence-electron chi connectivity index (χ0n) is 18.0. The van der Waals surface area contributed by atoms with E-state index in [2.05, 4.69) is 10.6 Å². The minimum Gasteiger partial charge on any atom is -0.452 e. The number of carbonyl (C=O) groups is 3. The summed E-state index contributed by atoms with van der Waals surface area (Å²) >= 11 is 0. The topological polar surface area (TPSA) is 84.5 Å². The average Bonchev–Trinajstić information content (AvgIpc) is 2.77. The van der Waals surface area contributed by atoms with Crippen molar-refractivity contribution in [3.63, 3.8) is 0 Å². The molecule has 6 rings (SSSR count). The van der Waals surface area contributed by atoms with Crippen molar-refractivity contribution in [2.75, 3.05) is 11.9 Å². The Morgan fingerprint density at radius 3 is 2.09 bits per heavy atom. The van der Waals surface area contributed by atoms with Crippen LogP contribution in [0.15, 0.2) is 54.6 Å². The predicted molar refractivity (Wildman–Crippen MR) is 120 cm³/mol. The van der Waals surface area contributed by atoms with Crippen molar-refractivity contribution in [2.24, 2.45) is 17.8 Å². The minimum absolute atomic E-state index is 0.111. The molecule has 0 radical (unpaired) electrons. The van der Waals surface area contributed by atoms with Crippen LogP contribution in [0.25, 0.3) is 0 Å². The number of benzene rings is 2. The Hall–Kier alpha value is -3.15. The monoisotopic (exact) mass is 432 g/mol. The first kappa shape index (κ1) is 20.7. The number of ether oxygens (including phenoxy) is 1. The lowest BCUT2D eigenvalue weighted by atomic mass is 9.53. The number of carbonyl (C=O) groups excluding carboxylic acids is 3. The van der Waals surface area contributed by atoms with Crippen LogP contribution < -0.4 is 10.6 Å². The average molecular weight is 433 g/mol. The maximum absolute atomic E-state index is 12.7. The van der Waals surface area contributed by atoms with Gasteiger partial charge in [0, 0.05) is 11.1 Å². The van der Waals surface area contributed by atoms with Gasteiger partial charge in [-0.1, -0.05) is 30.3 Å². The van der Waals surface area contributed by atoms with Crippen LogP contribution in [0.5, 0.6) is 0 Å². The largest absolute Gasteiger partial charge is 0.452 e. The maximum Gasteiger partial charge on any atom is 0.340 e. The summed E-state index contributed by atoms with van der Waals surface area (Å²) in [6, 6.07) is 15.4. The highest BCUT2D eigenvalue weighted by Gasteiger charge is 2.51. The molecule has 4 aliphatic carbocycles. The molecule has 0 atom stereocenters. The van der Waals surface area contributed by atoms with Gasteiger partial charge < -0.3 is 15.4 Å². The van der Waals surface area contributed by atoms with E-state index in [-0.39, 0.29) is 29.5 Å².